The van der Waals surface area contributed by atoms with E-state index in [0.717, 1.165) is 4.88 Å². The van der Waals surface area contributed by atoms with Gasteiger partial charge in [0.05, 0.1) is 12.3 Å². The first-order valence-electron chi connectivity index (χ1n) is 6.47. The van der Waals surface area contributed by atoms with Gasteiger partial charge < -0.3 is 5.32 Å². The molecule has 0 atom stereocenters. The number of carbonyl (C=O) groups is 2. The van der Waals surface area contributed by atoms with Crippen molar-refractivity contribution in [3.8, 4) is 0 Å². The van der Waals surface area contributed by atoms with Crippen molar-refractivity contribution in [3.05, 3.63) is 57.2 Å². The number of rotatable bonds is 5. The van der Waals surface area contributed by atoms with Crippen LogP contribution < -0.4 is 10.7 Å². The molecule has 0 saturated carbocycles. The van der Waals surface area contributed by atoms with Gasteiger partial charge in [-0.1, -0.05) is 17.7 Å². The highest BCUT2D eigenvalue weighted by atomic mass is 35.5. The van der Waals surface area contributed by atoms with Crippen molar-refractivity contribution in [3.63, 3.8) is 0 Å². The van der Waals surface area contributed by atoms with Gasteiger partial charge in [0, 0.05) is 15.5 Å². The zero-order chi connectivity index (χ0) is 15.9. The molecule has 1 heterocycles. The van der Waals surface area contributed by atoms with Crippen LogP contribution in [-0.4, -0.2) is 24.1 Å². The molecule has 2 amide bonds. The number of hydrogen-bond donors (Lipinski definition) is 2. The molecule has 114 valence electrons. The molecule has 2 aromatic rings. The summed E-state index contributed by atoms with van der Waals surface area (Å²) in [7, 11) is 0. The van der Waals surface area contributed by atoms with Crippen molar-refractivity contribution in [2.24, 2.45) is 5.10 Å². The summed E-state index contributed by atoms with van der Waals surface area (Å²) >= 11 is 7.28. The molecule has 1 aromatic heterocycles. The molecule has 0 saturated heterocycles. The van der Waals surface area contributed by atoms with Crippen molar-refractivity contribution >= 4 is 40.5 Å². The number of benzene rings is 1. The maximum Gasteiger partial charge on any atom is 0.259 e. The van der Waals surface area contributed by atoms with Crippen molar-refractivity contribution in [1.29, 1.82) is 0 Å². The highest BCUT2D eigenvalue weighted by Gasteiger charge is 2.07. The van der Waals surface area contributed by atoms with Crippen molar-refractivity contribution in [2.75, 3.05) is 6.54 Å². The van der Waals surface area contributed by atoms with E-state index in [2.05, 4.69) is 15.8 Å². The number of thiophene rings is 1. The Morgan fingerprint density at radius 2 is 1.95 bits per heavy atom. The van der Waals surface area contributed by atoms with Gasteiger partial charge in [-0.25, -0.2) is 5.43 Å². The third kappa shape index (κ3) is 4.68. The molecule has 0 unspecified atom stereocenters. The first-order valence-corrected chi connectivity index (χ1v) is 7.73. The molecule has 22 heavy (non-hydrogen) atoms. The van der Waals surface area contributed by atoms with Crippen molar-refractivity contribution in [2.45, 2.75) is 6.92 Å². The predicted molar refractivity (Wildman–Crippen MR) is 88.5 cm³/mol. The summed E-state index contributed by atoms with van der Waals surface area (Å²) in [5.41, 5.74) is 3.56. The number of halogens is 1. The van der Waals surface area contributed by atoms with E-state index >= 15 is 0 Å². The van der Waals surface area contributed by atoms with Gasteiger partial charge in [0.2, 0.25) is 0 Å². The quantitative estimate of drug-likeness (QED) is 0.651. The minimum absolute atomic E-state index is 0.150. The molecule has 0 radical (unpaired) electrons. The second kappa shape index (κ2) is 7.72. The third-order valence-corrected chi connectivity index (χ3v) is 3.97. The number of nitrogens with zero attached hydrogens (tertiary/aromatic N) is 1. The molecule has 2 rings (SSSR count). The fourth-order valence-corrected chi connectivity index (χ4v) is 2.39. The first kappa shape index (κ1) is 16.2. The molecule has 0 bridgehead atoms. The van der Waals surface area contributed by atoms with Crippen molar-refractivity contribution in [1.82, 2.24) is 10.7 Å². The molecule has 0 aliphatic rings. The number of nitrogens with one attached hydrogen (secondary N) is 2. The van der Waals surface area contributed by atoms with Crippen LogP contribution in [0, 0.1) is 0 Å². The van der Waals surface area contributed by atoms with Crippen LogP contribution in [0.4, 0.5) is 0 Å². The van der Waals surface area contributed by atoms with E-state index in [4.69, 9.17) is 11.6 Å². The highest BCUT2D eigenvalue weighted by Crippen LogP contribution is 2.10. The topological polar surface area (TPSA) is 70.6 Å². The zero-order valence-electron chi connectivity index (χ0n) is 11.8. The third-order valence-electron chi connectivity index (χ3n) is 2.74. The van der Waals surface area contributed by atoms with Crippen LogP contribution in [0.3, 0.4) is 0 Å². The lowest BCUT2D eigenvalue weighted by molar-refractivity contribution is -0.120. The molecule has 0 aliphatic carbocycles. The van der Waals surface area contributed by atoms with E-state index in [1.807, 2.05) is 17.5 Å². The number of hydrazone groups is 1. The summed E-state index contributed by atoms with van der Waals surface area (Å²) in [4.78, 5) is 24.5. The van der Waals surface area contributed by atoms with E-state index < -0.39 is 5.91 Å². The standard InChI is InChI=1S/C15H14ClN3O2S/c1-10(13-3-2-8-22-13)18-19-14(20)9-17-15(21)11-4-6-12(16)7-5-11/h2-8H,9H2,1H3,(H,17,21)(H,19,20)/b18-10-. The predicted octanol–water partition coefficient (Wildman–Crippen LogP) is 2.67. The fourth-order valence-electron chi connectivity index (χ4n) is 1.59. The van der Waals surface area contributed by atoms with Crippen LogP contribution in [0.25, 0.3) is 0 Å². The van der Waals surface area contributed by atoms with Crippen LogP contribution in [-0.2, 0) is 4.79 Å². The maximum atomic E-state index is 11.8. The van der Waals surface area contributed by atoms with Crippen LogP contribution >= 0.6 is 22.9 Å². The molecule has 1 aromatic carbocycles. The Bertz CT molecular complexity index is 681. The molecule has 5 nitrogen and oxygen atoms in total. The lowest BCUT2D eigenvalue weighted by atomic mass is 10.2. The van der Waals surface area contributed by atoms with E-state index in [0.29, 0.717) is 16.3 Å². The minimum Gasteiger partial charge on any atom is -0.343 e. The Kier molecular flexibility index (Phi) is 5.68. The van der Waals surface area contributed by atoms with Gasteiger partial charge in [-0.2, -0.15) is 5.10 Å². The smallest absolute Gasteiger partial charge is 0.259 e. The van der Waals surface area contributed by atoms with E-state index in [1.165, 1.54) is 11.3 Å². The van der Waals surface area contributed by atoms with Crippen molar-refractivity contribution < 1.29 is 9.59 Å². The van der Waals surface area contributed by atoms with Gasteiger partial charge in [-0.05, 0) is 42.6 Å². The first-order chi connectivity index (χ1) is 10.6. The normalized spacial score (nSPS) is 11.1. The summed E-state index contributed by atoms with van der Waals surface area (Å²) in [5.74, 6) is -0.732. The highest BCUT2D eigenvalue weighted by molar-refractivity contribution is 7.12. The van der Waals surface area contributed by atoms with Crippen LogP contribution in [0.2, 0.25) is 5.02 Å². The molecule has 0 spiro atoms. The molecule has 7 heteroatoms. The summed E-state index contributed by atoms with van der Waals surface area (Å²) in [5, 5.41) is 8.99. The van der Waals surface area contributed by atoms with Gasteiger partial charge in [-0.3, -0.25) is 9.59 Å². The van der Waals surface area contributed by atoms with Crippen LogP contribution in [0.1, 0.15) is 22.2 Å². The Hall–Kier alpha value is -2.18. The zero-order valence-corrected chi connectivity index (χ0v) is 13.4. The van der Waals surface area contributed by atoms with Gasteiger partial charge in [0.1, 0.15) is 0 Å². The Morgan fingerprint density at radius 1 is 1.23 bits per heavy atom. The summed E-state index contributed by atoms with van der Waals surface area (Å²) in [6.45, 7) is 1.65. The SMILES string of the molecule is C/C(=N/NC(=O)CNC(=O)c1ccc(Cl)cc1)c1cccs1. The largest absolute Gasteiger partial charge is 0.343 e. The molecule has 2 N–H and O–H groups in total. The number of carbonyl (C=O) groups excluding carboxylic acids is 2. The molecule has 0 aliphatic heterocycles. The Labute approximate surface area is 137 Å². The summed E-state index contributed by atoms with van der Waals surface area (Å²) < 4.78 is 0. The lowest BCUT2D eigenvalue weighted by Crippen LogP contribution is -2.35. The average Bonchev–Trinajstić information content (AvgIpc) is 3.05. The van der Waals surface area contributed by atoms with E-state index in [-0.39, 0.29) is 12.5 Å². The lowest BCUT2D eigenvalue weighted by Gasteiger charge is -2.05. The monoisotopic (exact) mass is 335 g/mol. The second-order valence-corrected chi connectivity index (χ2v) is 5.78. The van der Waals surface area contributed by atoms with Gasteiger partial charge >= 0.3 is 0 Å². The minimum atomic E-state index is -0.391. The second-order valence-electron chi connectivity index (χ2n) is 4.40. The Morgan fingerprint density at radius 3 is 2.59 bits per heavy atom. The van der Waals surface area contributed by atoms with Gasteiger partial charge in [0.25, 0.3) is 11.8 Å². The fraction of sp³-hybridized carbons (Fsp3) is 0.133. The van der Waals surface area contributed by atoms with Crippen LogP contribution in [0.5, 0.6) is 0 Å². The summed E-state index contributed by atoms with van der Waals surface area (Å²) in [6.07, 6.45) is 0. The number of hydrogen-bond acceptors (Lipinski definition) is 4. The molecular weight excluding hydrogens is 322 g/mol. The van der Waals surface area contributed by atoms with E-state index in [9.17, 15) is 9.59 Å². The Balaban J connectivity index is 1.81. The molecule has 0 fully saturated rings. The average molecular weight is 336 g/mol. The van der Waals surface area contributed by atoms with Crippen LogP contribution in [0.15, 0.2) is 46.9 Å². The molecular formula is C15H14ClN3O2S. The maximum absolute atomic E-state index is 11.8. The summed E-state index contributed by atoms with van der Waals surface area (Å²) in [6, 6.07) is 10.2. The number of amides is 2. The van der Waals surface area contributed by atoms with E-state index in [1.54, 1.807) is 31.2 Å². The van der Waals surface area contributed by atoms with Gasteiger partial charge in [0.15, 0.2) is 0 Å². The van der Waals surface area contributed by atoms with Gasteiger partial charge in [-0.15, -0.1) is 11.3 Å².